The standard InChI is InChI=1S/C11H19N3S/c1-14-7-6-12-11(14)13-9-4-3-5-10(8-9)15-2/h6-7,9-10H,3-5,8H2,1-2H3,(H,12,13). The maximum atomic E-state index is 4.31. The lowest BCUT2D eigenvalue weighted by Gasteiger charge is -2.28. The van der Waals surface area contributed by atoms with Gasteiger partial charge in [-0.25, -0.2) is 4.98 Å². The molecular formula is C11H19N3S. The van der Waals surface area contributed by atoms with Gasteiger partial charge in [0.05, 0.1) is 0 Å². The highest BCUT2D eigenvalue weighted by Gasteiger charge is 2.21. The van der Waals surface area contributed by atoms with Crippen molar-refractivity contribution in [1.82, 2.24) is 9.55 Å². The zero-order valence-electron chi connectivity index (χ0n) is 9.44. The van der Waals surface area contributed by atoms with Gasteiger partial charge in [0, 0.05) is 30.7 Å². The largest absolute Gasteiger partial charge is 0.353 e. The van der Waals surface area contributed by atoms with Gasteiger partial charge >= 0.3 is 0 Å². The van der Waals surface area contributed by atoms with E-state index in [0.29, 0.717) is 6.04 Å². The van der Waals surface area contributed by atoms with Crippen LogP contribution in [-0.2, 0) is 7.05 Å². The zero-order valence-corrected chi connectivity index (χ0v) is 10.3. The summed E-state index contributed by atoms with van der Waals surface area (Å²) in [5.41, 5.74) is 0. The number of thioether (sulfide) groups is 1. The first-order valence-electron chi connectivity index (χ1n) is 5.56. The first-order chi connectivity index (χ1) is 7.29. The maximum Gasteiger partial charge on any atom is 0.202 e. The van der Waals surface area contributed by atoms with Crippen LogP contribution in [0.2, 0.25) is 0 Å². The van der Waals surface area contributed by atoms with Gasteiger partial charge in [-0.1, -0.05) is 6.42 Å². The fraction of sp³-hybridized carbons (Fsp3) is 0.727. The lowest BCUT2D eigenvalue weighted by atomic mass is 9.95. The van der Waals surface area contributed by atoms with E-state index in [-0.39, 0.29) is 0 Å². The van der Waals surface area contributed by atoms with E-state index in [2.05, 4.69) is 16.6 Å². The van der Waals surface area contributed by atoms with Crippen molar-refractivity contribution >= 4 is 17.7 Å². The Morgan fingerprint density at radius 1 is 1.53 bits per heavy atom. The number of hydrogen-bond donors (Lipinski definition) is 1. The van der Waals surface area contributed by atoms with Crippen molar-refractivity contribution in [2.45, 2.75) is 37.0 Å². The molecule has 1 saturated carbocycles. The van der Waals surface area contributed by atoms with E-state index in [1.807, 2.05) is 35.8 Å². The van der Waals surface area contributed by atoms with Crippen LogP contribution in [0.1, 0.15) is 25.7 Å². The minimum atomic E-state index is 0.609. The van der Waals surface area contributed by atoms with E-state index in [4.69, 9.17) is 0 Å². The molecule has 2 atom stereocenters. The van der Waals surface area contributed by atoms with Crippen molar-refractivity contribution in [3.63, 3.8) is 0 Å². The van der Waals surface area contributed by atoms with Crippen LogP contribution < -0.4 is 5.32 Å². The first kappa shape index (κ1) is 10.9. The molecule has 0 saturated heterocycles. The molecule has 0 aliphatic heterocycles. The minimum absolute atomic E-state index is 0.609. The second-order valence-electron chi connectivity index (χ2n) is 4.23. The van der Waals surface area contributed by atoms with Crippen LogP contribution in [0.15, 0.2) is 12.4 Å². The van der Waals surface area contributed by atoms with Gasteiger partial charge < -0.3 is 9.88 Å². The van der Waals surface area contributed by atoms with Gasteiger partial charge in [0.2, 0.25) is 5.95 Å². The normalized spacial score (nSPS) is 26.5. The van der Waals surface area contributed by atoms with E-state index in [1.54, 1.807) is 0 Å². The molecule has 0 spiro atoms. The van der Waals surface area contributed by atoms with Crippen molar-refractivity contribution in [1.29, 1.82) is 0 Å². The molecule has 1 N–H and O–H groups in total. The molecule has 1 aromatic heterocycles. The van der Waals surface area contributed by atoms with Crippen LogP contribution in [0.25, 0.3) is 0 Å². The molecule has 84 valence electrons. The summed E-state index contributed by atoms with van der Waals surface area (Å²) < 4.78 is 2.04. The molecule has 1 fully saturated rings. The third-order valence-corrected chi connectivity index (χ3v) is 4.21. The quantitative estimate of drug-likeness (QED) is 0.857. The summed E-state index contributed by atoms with van der Waals surface area (Å²) in [5, 5.41) is 4.36. The van der Waals surface area contributed by atoms with Crippen molar-refractivity contribution in [2.24, 2.45) is 7.05 Å². The highest BCUT2D eigenvalue weighted by molar-refractivity contribution is 7.99. The predicted octanol–water partition coefficient (Wildman–Crippen LogP) is 2.51. The summed E-state index contributed by atoms with van der Waals surface area (Å²) in [5.74, 6) is 1.00. The Balaban J connectivity index is 1.92. The highest BCUT2D eigenvalue weighted by Crippen LogP contribution is 2.28. The number of rotatable bonds is 3. The van der Waals surface area contributed by atoms with Crippen LogP contribution in [0.5, 0.6) is 0 Å². The van der Waals surface area contributed by atoms with Gasteiger partial charge in [-0.3, -0.25) is 0 Å². The highest BCUT2D eigenvalue weighted by atomic mass is 32.2. The van der Waals surface area contributed by atoms with E-state index >= 15 is 0 Å². The topological polar surface area (TPSA) is 29.9 Å². The number of anilines is 1. The summed E-state index contributed by atoms with van der Waals surface area (Å²) in [6.45, 7) is 0. The lowest BCUT2D eigenvalue weighted by Crippen LogP contribution is -2.29. The molecule has 3 nitrogen and oxygen atoms in total. The van der Waals surface area contributed by atoms with Crippen molar-refractivity contribution in [3.05, 3.63) is 12.4 Å². The molecule has 2 unspecified atom stereocenters. The first-order valence-corrected chi connectivity index (χ1v) is 6.85. The molecule has 1 aromatic rings. The van der Waals surface area contributed by atoms with Crippen LogP contribution >= 0.6 is 11.8 Å². The summed E-state index contributed by atoms with van der Waals surface area (Å²) in [4.78, 5) is 4.31. The van der Waals surface area contributed by atoms with Crippen LogP contribution in [-0.4, -0.2) is 27.1 Å². The van der Waals surface area contributed by atoms with Crippen molar-refractivity contribution in [3.8, 4) is 0 Å². The molecule has 1 aliphatic rings. The van der Waals surface area contributed by atoms with Gasteiger partial charge in [0.25, 0.3) is 0 Å². The lowest BCUT2D eigenvalue weighted by molar-refractivity contribution is 0.470. The Labute approximate surface area is 95.7 Å². The maximum absolute atomic E-state index is 4.31. The van der Waals surface area contributed by atoms with Crippen molar-refractivity contribution < 1.29 is 0 Å². The molecule has 0 radical (unpaired) electrons. The smallest absolute Gasteiger partial charge is 0.202 e. The fourth-order valence-electron chi connectivity index (χ4n) is 2.18. The van der Waals surface area contributed by atoms with Crippen LogP contribution in [0.4, 0.5) is 5.95 Å². The Kier molecular flexibility index (Phi) is 3.57. The minimum Gasteiger partial charge on any atom is -0.353 e. The van der Waals surface area contributed by atoms with E-state index in [9.17, 15) is 0 Å². The van der Waals surface area contributed by atoms with E-state index in [1.165, 1.54) is 25.7 Å². The SMILES string of the molecule is CSC1CCCC(Nc2nccn2C)C1. The average Bonchev–Trinajstić information content (AvgIpc) is 2.65. The van der Waals surface area contributed by atoms with E-state index in [0.717, 1.165) is 11.2 Å². The predicted molar refractivity (Wildman–Crippen MR) is 66.4 cm³/mol. The summed E-state index contributed by atoms with van der Waals surface area (Å²) >= 11 is 2.00. The molecule has 15 heavy (non-hydrogen) atoms. The van der Waals surface area contributed by atoms with Gasteiger partial charge in [-0.05, 0) is 25.5 Å². The van der Waals surface area contributed by atoms with Crippen LogP contribution in [0, 0.1) is 0 Å². The zero-order chi connectivity index (χ0) is 10.7. The second-order valence-corrected chi connectivity index (χ2v) is 5.37. The van der Waals surface area contributed by atoms with E-state index < -0.39 is 0 Å². The van der Waals surface area contributed by atoms with Gasteiger partial charge in [0.15, 0.2) is 0 Å². The Morgan fingerprint density at radius 2 is 2.40 bits per heavy atom. The molecule has 1 aliphatic carbocycles. The molecule has 2 rings (SSSR count). The number of aryl methyl sites for hydroxylation is 1. The number of nitrogens with zero attached hydrogens (tertiary/aromatic N) is 2. The molecular weight excluding hydrogens is 206 g/mol. The molecule has 1 heterocycles. The molecule has 0 amide bonds. The summed E-state index contributed by atoms with van der Waals surface area (Å²) in [7, 11) is 2.03. The second kappa shape index (κ2) is 4.92. The Hall–Kier alpha value is -0.640. The van der Waals surface area contributed by atoms with Gasteiger partial charge in [-0.2, -0.15) is 11.8 Å². The summed E-state index contributed by atoms with van der Waals surface area (Å²) in [6, 6.07) is 0.609. The fourth-order valence-corrected chi connectivity index (χ4v) is 3.00. The Bertz CT molecular complexity index is 311. The third-order valence-electron chi connectivity index (χ3n) is 3.11. The monoisotopic (exact) mass is 225 g/mol. The Morgan fingerprint density at radius 3 is 3.07 bits per heavy atom. The van der Waals surface area contributed by atoms with Gasteiger partial charge in [0.1, 0.15) is 0 Å². The van der Waals surface area contributed by atoms with Crippen molar-refractivity contribution in [2.75, 3.05) is 11.6 Å². The average molecular weight is 225 g/mol. The molecule has 0 bridgehead atoms. The van der Waals surface area contributed by atoms with Gasteiger partial charge in [-0.15, -0.1) is 0 Å². The number of hydrogen-bond acceptors (Lipinski definition) is 3. The summed E-state index contributed by atoms with van der Waals surface area (Å²) in [6.07, 6.45) is 11.3. The third kappa shape index (κ3) is 2.68. The van der Waals surface area contributed by atoms with Crippen LogP contribution in [0.3, 0.4) is 0 Å². The molecule has 0 aromatic carbocycles. The number of nitrogens with one attached hydrogen (secondary N) is 1. The molecule has 4 heteroatoms. The number of imidazole rings is 1. The number of aromatic nitrogens is 2.